The summed E-state index contributed by atoms with van der Waals surface area (Å²) in [6.45, 7) is 0.836. The van der Waals surface area contributed by atoms with E-state index in [1.807, 2.05) is 0 Å². The Kier molecular flexibility index (Phi) is 4.53. The van der Waals surface area contributed by atoms with Gasteiger partial charge in [-0.1, -0.05) is 0 Å². The van der Waals surface area contributed by atoms with Crippen molar-refractivity contribution in [3.63, 3.8) is 0 Å². The molecule has 0 radical (unpaired) electrons. The number of hydrogen-bond acceptors (Lipinski definition) is 5. The normalized spacial score (nSPS) is 9.88. The Labute approximate surface area is 93.1 Å². The number of ether oxygens (including phenoxy) is 2. The molecule has 6 nitrogen and oxygen atoms in total. The molecule has 0 aliphatic carbocycles. The van der Waals surface area contributed by atoms with Gasteiger partial charge in [-0.2, -0.15) is 0 Å². The molecule has 16 heavy (non-hydrogen) atoms. The van der Waals surface area contributed by atoms with Crippen molar-refractivity contribution in [2.45, 2.75) is 6.42 Å². The molecular weight excluding hydrogens is 212 g/mol. The summed E-state index contributed by atoms with van der Waals surface area (Å²) in [4.78, 5) is 10.2. The summed E-state index contributed by atoms with van der Waals surface area (Å²) >= 11 is 0. The molecule has 0 aliphatic rings. The Bertz CT molecular complexity index is 368. The number of benzene rings is 1. The second-order valence-corrected chi connectivity index (χ2v) is 3.08. The Morgan fingerprint density at radius 3 is 2.81 bits per heavy atom. The van der Waals surface area contributed by atoms with Crippen LogP contribution in [0.1, 0.15) is 6.42 Å². The van der Waals surface area contributed by atoms with Crippen LogP contribution in [0.2, 0.25) is 0 Å². The smallest absolute Gasteiger partial charge is 0.311 e. The highest BCUT2D eigenvalue weighted by Crippen LogP contribution is 2.30. The average molecular weight is 226 g/mol. The standard InChI is InChI=1S/C10H14N2O4/c1-15-8-3-4-9(12(13)14)10(7-8)16-6-2-5-11/h3-4,7H,2,5-6,11H2,1H3. The van der Waals surface area contributed by atoms with Crippen molar-refractivity contribution in [2.75, 3.05) is 20.3 Å². The van der Waals surface area contributed by atoms with Crippen LogP contribution in [0.25, 0.3) is 0 Å². The molecule has 0 aliphatic heterocycles. The predicted molar refractivity (Wildman–Crippen MR) is 58.8 cm³/mol. The monoisotopic (exact) mass is 226 g/mol. The summed E-state index contributed by atoms with van der Waals surface area (Å²) in [6.07, 6.45) is 0.647. The molecule has 0 amide bonds. The lowest BCUT2D eigenvalue weighted by atomic mass is 10.3. The Hall–Kier alpha value is -1.82. The van der Waals surface area contributed by atoms with Gasteiger partial charge in [0.2, 0.25) is 5.75 Å². The van der Waals surface area contributed by atoms with E-state index in [0.29, 0.717) is 25.3 Å². The number of methoxy groups -OCH3 is 1. The van der Waals surface area contributed by atoms with E-state index in [9.17, 15) is 10.1 Å². The third-order valence-electron chi connectivity index (χ3n) is 1.97. The van der Waals surface area contributed by atoms with Crippen LogP contribution in [0.3, 0.4) is 0 Å². The zero-order valence-corrected chi connectivity index (χ0v) is 9.01. The molecule has 0 saturated heterocycles. The van der Waals surface area contributed by atoms with E-state index >= 15 is 0 Å². The number of nitro benzene ring substituents is 1. The maximum absolute atomic E-state index is 10.7. The first-order valence-corrected chi connectivity index (χ1v) is 4.84. The fraction of sp³-hybridized carbons (Fsp3) is 0.400. The van der Waals surface area contributed by atoms with Crippen molar-refractivity contribution in [2.24, 2.45) is 5.73 Å². The van der Waals surface area contributed by atoms with Crippen molar-refractivity contribution in [3.8, 4) is 11.5 Å². The van der Waals surface area contributed by atoms with Gasteiger partial charge in [0.05, 0.1) is 18.6 Å². The summed E-state index contributed by atoms with van der Waals surface area (Å²) in [7, 11) is 1.49. The number of nitrogens with two attached hydrogens (primary N) is 1. The van der Waals surface area contributed by atoms with Crippen molar-refractivity contribution < 1.29 is 14.4 Å². The van der Waals surface area contributed by atoms with E-state index in [0.717, 1.165) is 0 Å². The van der Waals surface area contributed by atoms with Gasteiger partial charge in [0.15, 0.2) is 0 Å². The van der Waals surface area contributed by atoms with Crippen LogP contribution >= 0.6 is 0 Å². The molecule has 6 heteroatoms. The van der Waals surface area contributed by atoms with Crippen molar-refractivity contribution in [3.05, 3.63) is 28.3 Å². The molecule has 0 atom stereocenters. The van der Waals surface area contributed by atoms with Gasteiger partial charge in [0.1, 0.15) is 5.75 Å². The summed E-state index contributed by atoms with van der Waals surface area (Å²) < 4.78 is 10.2. The van der Waals surface area contributed by atoms with Crippen LogP contribution in [-0.2, 0) is 0 Å². The van der Waals surface area contributed by atoms with E-state index in [-0.39, 0.29) is 11.4 Å². The van der Waals surface area contributed by atoms with Gasteiger partial charge in [0.25, 0.3) is 0 Å². The molecule has 0 unspecified atom stereocenters. The fourth-order valence-corrected chi connectivity index (χ4v) is 1.15. The van der Waals surface area contributed by atoms with Gasteiger partial charge in [-0.25, -0.2) is 0 Å². The van der Waals surface area contributed by atoms with Gasteiger partial charge in [0, 0.05) is 12.1 Å². The van der Waals surface area contributed by atoms with E-state index in [4.69, 9.17) is 15.2 Å². The van der Waals surface area contributed by atoms with Crippen molar-refractivity contribution in [1.82, 2.24) is 0 Å². The second-order valence-electron chi connectivity index (χ2n) is 3.08. The third kappa shape index (κ3) is 3.09. The Balaban J connectivity index is 2.87. The van der Waals surface area contributed by atoms with Crippen LogP contribution in [0.15, 0.2) is 18.2 Å². The minimum Gasteiger partial charge on any atom is -0.497 e. The number of nitro groups is 1. The van der Waals surface area contributed by atoms with Crippen LogP contribution < -0.4 is 15.2 Å². The molecule has 0 heterocycles. The minimum atomic E-state index is -0.489. The molecule has 0 fully saturated rings. The number of nitrogens with zero attached hydrogens (tertiary/aromatic N) is 1. The quantitative estimate of drug-likeness (QED) is 0.449. The molecule has 2 N–H and O–H groups in total. The summed E-state index contributed by atoms with van der Waals surface area (Å²) in [5.41, 5.74) is 5.24. The lowest BCUT2D eigenvalue weighted by Crippen LogP contribution is -2.07. The second kappa shape index (κ2) is 5.92. The van der Waals surface area contributed by atoms with Crippen molar-refractivity contribution >= 4 is 5.69 Å². The fourth-order valence-electron chi connectivity index (χ4n) is 1.15. The van der Waals surface area contributed by atoms with Crippen LogP contribution in [-0.4, -0.2) is 25.2 Å². The van der Waals surface area contributed by atoms with E-state index in [1.54, 1.807) is 0 Å². The molecule has 1 rings (SSSR count). The lowest BCUT2D eigenvalue weighted by Gasteiger charge is -2.07. The van der Waals surface area contributed by atoms with E-state index in [2.05, 4.69) is 0 Å². The molecular formula is C10H14N2O4. The third-order valence-corrected chi connectivity index (χ3v) is 1.97. The first kappa shape index (κ1) is 12.3. The molecule has 0 aromatic heterocycles. The van der Waals surface area contributed by atoms with Crippen molar-refractivity contribution in [1.29, 1.82) is 0 Å². The van der Waals surface area contributed by atoms with Gasteiger partial charge in [-0.15, -0.1) is 0 Å². The SMILES string of the molecule is COc1ccc([N+](=O)[O-])c(OCCCN)c1. The van der Waals surface area contributed by atoms with E-state index < -0.39 is 4.92 Å². The highest BCUT2D eigenvalue weighted by molar-refractivity contribution is 5.50. The molecule has 1 aromatic carbocycles. The predicted octanol–water partition coefficient (Wildman–Crippen LogP) is 1.33. The molecule has 0 spiro atoms. The number of hydrogen-bond donors (Lipinski definition) is 1. The first-order chi connectivity index (χ1) is 7.69. The molecule has 1 aromatic rings. The molecule has 88 valence electrons. The Morgan fingerprint density at radius 1 is 1.50 bits per heavy atom. The largest absolute Gasteiger partial charge is 0.497 e. The molecule has 0 saturated carbocycles. The zero-order valence-electron chi connectivity index (χ0n) is 9.01. The lowest BCUT2D eigenvalue weighted by molar-refractivity contribution is -0.385. The highest BCUT2D eigenvalue weighted by Gasteiger charge is 2.15. The van der Waals surface area contributed by atoms with Crippen LogP contribution in [0, 0.1) is 10.1 Å². The first-order valence-electron chi connectivity index (χ1n) is 4.84. The number of rotatable bonds is 6. The Morgan fingerprint density at radius 2 is 2.25 bits per heavy atom. The highest BCUT2D eigenvalue weighted by atomic mass is 16.6. The zero-order chi connectivity index (χ0) is 12.0. The van der Waals surface area contributed by atoms with Gasteiger partial charge in [-0.05, 0) is 19.0 Å². The van der Waals surface area contributed by atoms with Gasteiger partial charge in [-0.3, -0.25) is 10.1 Å². The molecule has 0 bridgehead atoms. The average Bonchev–Trinajstić information content (AvgIpc) is 2.29. The summed E-state index contributed by atoms with van der Waals surface area (Å²) in [5, 5.41) is 10.7. The van der Waals surface area contributed by atoms with E-state index in [1.165, 1.54) is 25.3 Å². The van der Waals surface area contributed by atoms with Gasteiger partial charge < -0.3 is 15.2 Å². The summed E-state index contributed by atoms with van der Waals surface area (Å²) in [5.74, 6) is 0.728. The van der Waals surface area contributed by atoms with Gasteiger partial charge >= 0.3 is 5.69 Å². The van der Waals surface area contributed by atoms with Crippen LogP contribution in [0.4, 0.5) is 5.69 Å². The topological polar surface area (TPSA) is 87.6 Å². The summed E-state index contributed by atoms with van der Waals surface area (Å²) in [6, 6.07) is 4.37. The maximum atomic E-state index is 10.7. The maximum Gasteiger partial charge on any atom is 0.311 e. The minimum absolute atomic E-state index is 0.0715. The van der Waals surface area contributed by atoms with Crippen LogP contribution in [0.5, 0.6) is 11.5 Å².